The van der Waals surface area contributed by atoms with Gasteiger partial charge in [0.2, 0.25) is 5.91 Å². The van der Waals surface area contributed by atoms with Crippen molar-refractivity contribution in [2.75, 3.05) is 32.7 Å². The molecule has 5 heteroatoms. The number of carbonyl (C=O) groups is 2. The summed E-state index contributed by atoms with van der Waals surface area (Å²) in [4.78, 5) is 30.0. The summed E-state index contributed by atoms with van der Waals surface area (Å²) >= 11 is 0. The van der Waals surface area contributed by atoms with Gasteiger partial charge < -0.3 is 14.7 Å². The Morgan fingerprint density at radius 3 is 2.53 bits per heavy atom. The first-order valence-corrected chi connectivity index (χ1v) is 7.48. The SMILES string of the molecule is CC1CCN(C(=O)N2CCN3C(=O)CCC3C2)CC1. The average Bonchev–Trinajstić information content (AvgIpc) is 2.80. The lowest BCUT2D eigenvalue weighted by Crippen LogP contribution is -2.56. The molecule has 3 heterocycles. The first-order chi connectivity index (χ1) is 9.15. The van der Waals surface area contributed by atoms with E-state index in [0.717, 1.165) is 51.4 Å². The lowest BCUT2D eigenvalue weighted by molar-refractivity contribution is -0.130. The molecular weight excluding hydrogens is 242 g/mol. The molecule has 0 N–H and O–H groups in total. The number of hydrogen-bond acceptors (Lipinski definition) is 2. The fourth-order valence-electron chi connectivity index (χ4n) is 3.44. The maximum Gasteiger partial charge on any atom is 0.320 e. The third-order valence-electron chi connectivity index (χ3n) is 4.82. The minimum Gasteiger partial charge on any atom is -0.336 e. The highest BCUT2D eigenvalue weighted by Crippen LogP contribution is 2.24. The minimum atomic E-state index is 0.186. The molecule has 0 radical (unpaired) electrons. The Bertz CT molecular complexity index is 377. The fraction of sp³-hybridized carbons (Fsp3) is 0.857. The van der Waals surface area contributed by atoms with Crippen LogP contribution in [0.25, 0.3) is 0 Å². The molecule has 3 aliphatic heterocycles. The third kappa shape index (κ3) is 2.42. The van der Waals surface area contributed by atoms with E-state index in [1.807, 2.05) is 14.7 Å². The molecule has 1 unspecified atom stereocenters. The monoisotopic (exact) mass is 265 g/mol. The van der Waals surface area contributed by atoms with E-state index in [9.17, 15) is 9.59 Å². The van der Waals surface area contributed by atoms with Crippen molar-refractivity contribution in [3.05, 3.63) is 0 Å². The van der Waals surface area contributed by atoms with Crippen LogP contribution >= 0.6 is 0 Å². The second kappa shape index (κ2) is 5.02. The van der Waals surface area contributed by atoms with Gasteiger partial charge in [-0.25, -0.2) is 4.79 Å². The number of nitrogens with zero attached hydrogens (tertiary/aromatic N) is 3. The molecule has 0 saturated carbocycles. The topological polar surface area (TPSA) is 43.9 Å². The fourth-order valence-corrected chi connectivity index (χ4v) is 3.44. The molecule has 3 fully saturated rings. The van der Waals surface area contributed by atoms with Gasteiger partial charge in [-0.2, -0.15) is 0 Å². The van der Waals surface area contributed by atoms with E-state index in [1.54, 1.807) is 0 Å². The maximum atomic E-state index is 12.5. The summed E-state index contributed by atoms with van der Waals surface area (Å²) in [6, 6.07) is 0.458. The third-order valence-corrected chi connectivity index (χ3v) is 4.82. The Morgan fingerprint density at radius 1 is 1.05 bits per heavy atom. The largest absolute Gasteiger partial charge is 0.336 e. The predicted octanol–water partition coefficient (Wildman–Crippen LogP) is 1.14. The molecule has 19 heavy (non-hydrogen) atoms. The molecule has 106 valence electrons. The maximum absolute atomic E-state index is 12.5. The van der Waals surface area contributed by atoms with Crippen LogP contribution in [0.2, 0.25) is 0 Å². The molecule has 0 spiro atoms. The molecule has 1 atom stereocenters. The van der Waals surface area contributed by atoms with E-state index < -0.39 is 0 Å². The molecule has 0 bridgehead atoms. The highest BCUT2D eigenvalue weighted by atomic mass is 16.2. The van der Waals surface area contributed by atoms with Crippen molar-refractivity contribution in [1.29, 1.82) is 0 Å². The summed E-state index contributed by atoms with van der Waals surface area (Å²) in [6.07, 6.45) is 3.81. The van der Waals surface area contributed by atoms with Crippen molar-refractivity contribution in [3.63, 3.8) is 0 Å². The molecule has 3 amide bonds. The molecule has 0 aromatic heterocycles. The van der Waals surface area contributed by atoms with Gasteiger partial charge in [0.1, 0.15) is 0 Å². The number of urea groups is 1. The van der Waals surface area contributed by atoms with Crippen molar-refractivity contribution >= 4 is 11.9 Å². The van der Waals surface area contributed by atoms with Crippen molar-refractivity contribution in [1.82, 2.24) is 14.7 Å². The van der Waals surface area contributed by atoms with Gasteiger partial charge in [-0.1, -0.05) is 6.92 Å². The average molecular weight is 265 g/mol. The number of piperazine rings is 1. The first-order valence-electron chi connectivity index (χ1n) is 7.48. The van der Waals surface area contributed by atoms with Crippen LogP contribution in [-0.2, 0) is 4.79 Å². The number of piperidine rings is 1. The van der Waals surface area contributed by atoms with Gasteiger partial charge in [-0.05, 0) is 25.2 Å². The zero-order valence-electron chi connectivity index (χ0n) is 11.7. The van der Waals surface area contributed by atoms with Crippen LogP contribution in [0.1, 0.15) is 32.6 Å². The summed E-state index contributed by atoms with van der Waals surface area (Å²) in [5.74, 6) is 1.01. The first kappa shape index (κ1) is 12.8. The van der Waals surface area contributed by atoms with Crippen molar-refractivity contribution in [2.24, 2.45) is 5.92 Å². The molecule has 3 rings (SSSR count). The van der Waals surface area contributed by atoms with Gasteiger partial charge in [0.15, 0.2) is 0 Å². The van der Waals surface area contributed by atoms with E-state index in [2.05, 4.69) is 6.92 Å². The molecule has 5 nitrogen and oxygen atoms in total. The highest BCUT2D eigenvalue weighted by molar-refractivity contribution is 5.80. The quantitative estimate of drug-likeness (QED) is 0.659. The molecule has 3 saturated heterocycles. The van der Waals surface area contributed by atoms with Crippen LogP contribution in [0.4, 0.5) is 4.79 Å². The van der Waals surface area contributed by atoms with Gasteiger partial charge in [-0.15, -0.1) is 0 Å². The number of hydrogen-bond donors (Lipinski definition) is 0. The summed E-state index contributed by atoms with van der Waals surface area (Å²) in [5, 5.41) is 0. The normalized spacial score (nSPS) is 28.8. The Morgan fingerprint density at radius 2 is 1.79 bits per heavy atom. The minimum absolute atomic E-state index is 0.186. The van der Waals surface area contributed by atoms with Gasteiger partial charge in [0.25, 0.3) is 0 Å². The molecule has 3 aliphatic rings. The van der Waals surface area contributed by atoms with E-state index in [1.165, 1.54) is 0 Å². The number of rotatable bonds is 0. The molecular formula is C14H23N3O2. The van der Waals surface area contributed by atoms with E-state index in [-0.39, 0.29) is 18.0 Å². The highest BCUT2D eigenvalue weighted by Gasteiger charge is 2.38. The summed E-state index contributed by atoms with van der Waals surface area (Å²) in [6.45, 7) is 6.20. The second-order valence-electron chi connectivity index (χ2n) is 6.18. The van der Waals surface area contributed by atoms with E-state index in [0.29, 0.717) is 13.0 Å². The Kier molecular flexibility index (Phi) is 3.37. The Balaban J connectivity index is 1.58. The van der Waals surface area contributed by atoms with Crippen LogP contribution in [0.15, 0.2) is 0 Å². The summed E-state index contributed by atoms with van der Waals surface area (Å²) < 4.78 is 0. The van der Waals surface area contributed by atoms with Crippen molar-refractivity contribution in [3.8, 4) is 0 Å². The standard InChI is InChI=1S/C14H23N3O2/c1-11-4-6-15(7-5-11)14(19)16-8-9-17-12(10-16)2-3-13(17)18/h11-12H,2-10H2,1H3. The summed E-state index contributed by atoms with van der Waals surface area (Å²) in [5.41, 5.74) is 0. The smallest absolute Gasteiger partial charge is 0.320 e. The second-order valence-corrected chi connectivity index (χ2v) is 6.18. The zero-order chi connectivity index (χ0) is 13.4. The summed E-state index contributed by atoms with van der Waals surface area (Å²) in [7, 11) is 0. The lowest BCUT2D eigenvalue weighted by atomic mass is 9.99. The van der Waals surface area contributed by atoms with Gasteiger partial charge >= 0.3 is 6.03 Å². The zero-order valence-corrected chi connectivity index (χ0v) is 11.7. The van der Waals surface area contributed by atoms with Gasteiger partial charge in [0, 0.05) is 45.2 Å². The number of amides is 3. The van der Waals surface area contributed by atoms with Crippen LogP contribution in [0.5, 0.6) is 0 Å². The molecule has 0 aromatic carbocycles. The van der Waals surface area contributed by atoms with Crippen molar-refractivity contribution < 1.29 is 9.59 Å². The number of fused-ring (bicyclic) bond motifs is 1. The van der Waals surface area contributed by atoms with E-state index in [4.69, 9.17) is 0 Å². The van der Waals surface area contributed by atoms with Crippen LogP contribution < -0.4 is 0 Å². The Labute approximate surface area is 114 Å². The lowest BCUT2D eigenvalue weighted by Gasteiger charge is -2.41. The number of likely N-dealkylation sites (tertiary alicyclic amines) is 1. The van der Waals surface area contributed by atoms with Gasteiger partial charge in [0.05, 0.1) is 0 Å². The number of carbonyl (C=O) groups excluding carboxylic acids is 2. The van der Waals surface area contributed by atoms with Crippen LogP contribution in [0.3, 0.4) is 0 Å². The van der Waals surface area contributed by atoms with Crippen molar-refractivity contribution in [2.45, 2.75) is 38.6 Å². The van der Waals surface area contributed by atoms with E-state index >= 15 is 0 Å². The predicted molar refractivity (Wildman–Crippen MR) is 71.7 cm³/mol. The molecule has 0 aliphatic carbocycles. The Hall–Kier alpha value is -1.26. The molecule has 0 aromatic rings. The van der Waals surface area contributed by atoms with Crippen LogP contribution in [-0.4, -0.2) is 65.4 Å². The van der Waals surface area contributed by atoms with Crippen LogP contribution in [0, 0.1) is 5.92 Å². The van der Waals surface area contributed by atoms with Gasteiger partial charge in [-0.3, -0.25) is 4.79 Å².